The Labute approximate surface area is 643 Å². The molecule has 13 rings (SSSR count). The summed E-state index contributed by atoms with van der Waals surface area (Å²) in [5, 5.41) is 51.0. The molecule has 0 fully saturated rings. The lowest BCUT2D eigenvalue weighted by atomic mass is 10.0. The van der Waals surface area contributed by atoms with Gasteiger partial charge in [-0.25, -0.2) is 28.5 Å². The van der Waals surface area contributed by atoms with Gasteiger partial charge in [0.2, 0.25) is 5.78 Å². The maximum Gasteiger partial charge on any atom is 0.342 e. The summed E-state index contributed by atoms with van der Waals surface area (Å²) in [6.45, 7) is 7.27. The molecule has 3 amide bonds. The van der Waals surface area contributed by atoms with E-state index in [1.165, 1.54) is 35.3 Å². The summed E-state index contributed by atoms with van der Waals surface area (Å²) in [5.74, 6) is -5.00. The molecule has 5 aromatic carbocycles. The van der Waals surface area contributed by atoms with Crippen molar-refractivity contribution >= 4 is 170 Å². The van der Waals surface area contributed by atoms with Crippen LogP contribution in [0.2, 0.25) is 15.1 Å². The molecule has 0 radical (unpaired) electrons. The van der Waals surface area contributed by atoms with E-state index in [0.29, 0.717) is 63.2 Å². The van der Waals surface area contributed by atoms with Crippen LogP contribution in [0.4, 0.5) is 15.0 Å². The molecule has 6 N–H and O–H groups in total. The number of halogens is 4. The number of furan rings is 1. The third-order valence-electron chi connectivity index (χ3n) is 15.0. The van der Waals surface area contributed by atoms with Crippen molar-refractivity contribution in [1.82, 2.24) is 23.7 Å². The van der Waals surface area contributed by atoms with Gasteiger partial charge in [0.15, 0.2) is 11.5 Å². The number of aryl methyl sites for hydroxylation is 3. The second-order valence-electron chi connectivity index (χ2n) is 23.6. The van der Waals surface area contributed by atoms with Crippen LogP contribution in [0.3, 0.4) is 0 Å². The molecule has 105 heavy (non-hydrogen) atoms. The van der Waals surface area contributed by atoms with Gasteiger partial charge in [0, 0.05) is 95.7 Å². The summed E-state index contributed by atoms with van der Waals surface area (Å²) in [4.78, 5) is 103. The van der Waals surface area contributed by atoms with Gasteiger partial charge in [-0.15, -0.1) is 45.3 Å². The van der Waals surface area contributed by atoms with E-state index in [-0.39, 0.29) is 62.0 Å². The van der Waals surface area contributed by atoms with Crippen molar-refractivity contribution in [3.63, 3.8) is 0 Å². The molecular weight excluding hydrogens is 1570 g/mol. The molecule has 8 aromatic heterocycles. The quantitative estimate of drug-likeness (QED) is 0.0344. The van der Waals surface area contributed by atoms with Crippen LogP contribution in [0, 0.1) is 6.92 Å². The zero-order valence-electron chi connectivity index (χ0n) is 55.9. The fourth-order valence-corrected chi connectivity index (χ4v) is 15.3. The van der Waals surface area contributed by atoms with Crippen molar-refractivity contribution in [3.05, 3.63) is 266 Å². The summed E-state index contributed by atoms with van der Waals surface area (Å²) in [7, 11) is 3.50. The SMILES string of the molecule is Cc1cnsc1C(=O)Nc1scc(-c2ccc(Br)cc2)c1C(=O)OC(C)(C)C.Cn1cnc(C(=O)Nc2scc(-c3ccc(Cl)cc3)c2C(=O)O)c1.Cn1nc(C(=O)Nc2scc(-c3ccc(Cl)cc3)c2C(=O)O)cc1-c1ccccc1.O=C(Cc1scc(-c2ccc(Cl)cc2)c1C(=O)O)c1ccco1. The molecule has 13 aromatic rings. The number of anilines is 3. The zero-order valence-corrected chi connectivity index (χ0v) is 63.8. The molecule has 0 atom stereocenters. The summed E-state index contributed by atoms with van der Waals surface area (Å²) in [6, 6.07) is 42.7. The van der Waals surface area contributed by atoms with E-state index >= 15 is 0 Å². The summed E-state index contributed by atoms with van der Waals surface area (Å²) < 4.78 is 18.9. The van der Waals surface area contributed by atoms with Gasteiger partial charge in [-0.05, 0) is 145 Å². The molecular formula is C75H58BrCl3N8O13S5. The van der Waals surface area contributed by atoms with E-state index in [0.717, 1.165) is 72.2 Å². The highest BCUT2D eigenvalue weighted by molar-refractivity contribution is 9.10. The normalized spacial score (nSPS) is 10.8. The van der Waals surface area contributed by atoms with Gasteiger partial charge < -0.3 is 45.0 Å². The maximum absolute atomic E-state index is 13.0. The smallest absolute Gasteiger partial charge is 0.342 e. The van der Waals surface area contributed by atoms with E-state index in [2.05, 4.69) is 46.3 Å². The first kappa shape index (κ1) is 77.2. The Bertz CT molecular complexity index is 5330. The highest BCUT2D eigenvalue weighted by Gasteiger charge is 2.30. The number of nitrogens with one attached hydrogen (secondary N) is 3. The number of ether oxygens (including phenoxy) is 1. The fourth-order valence-electron chi connectivity index (χ4n) is 10.1. The largest absolute Gasteiger partial charge is 0.478 e. The zero-order chi connectivity index (χ0) is 75.4. The number of esters is 1. The first-order valence-electron chi connectivity index (χ1n) is 31.0. The second-order valence-corrected chi connectivity index (χ2v) is 30.2. The number of hydrogen-bond acceptors (Lipinski definition) is 18. The van der Waals surface area contributed by atoms with Crippen molar-refractivity contribution in [2.24, 2.45) is 14.1 Å². The van der Waals surface area contributed by atoms with Crippen LogP contribution in [0.5, 0.6) is 0 Å². The Kier molecular flexibility index (Phi) is 25.3. The molecule has 0 spiro atoms. The predicted octanol–water partition coefficient (Wildman–Crippen LogP) is 20.1. The van der Waals surface area contributed by atoms with Crippen molar-refractivity contribution in [2.75, 3.05) is 16.0 Å². The van der Waals surface area contributed by atoms with Crippen LogP contribution in [0.1, 0.15) is 114 Å². The Hall–Kier alpha value is -10.5. The number of carbonyl (C=O) groups is 8. The van der Waals surface area contributed by atoms with E-state index in [9.17, 15) is 53.7 Å². The first-order valence-corrected chi connectivity index (χ1v) is 37.2. The lowest BCUT2D eigenvalue weighted by molar-refractivity contribution is 0.00711. The number of nitrogens with zero attached hydrogens (tertiary/aromatic N) is 5. The Morgan fingerprint density at radius 2 is 1.02 bits per heavy atom. The van der Waals surface area contributed by atoms with Crippen LogP contribution in [-0.2, 0) is 25.3 Å². The number of benzene rings is 5. The average Bonchev–Trinajstić information content (AvgIpc) is 1.66. The number of carbonyl (C=O) groups excluding carboxylic acids is 5. The molecule has 0 aliphatic heterocycles. The lowest BCUT2D eigenvalue weighted by Crippen LogP contribution is -2.25. The number of hydrogen-bond donors (Lipinski definition) is 6. The van der Waals surface area contributed by atoms with Gasteiger partial charge in [0.25, 0.3) is 17.7 Å². The number of amides is 3. The molecule has 0 bridgehead atoms. The Morgan fingerprint density at radius 1 is 0.562 bits per heavy atom. The van der Waals surface area contributed by atoms with E-state index < -0.39 is 41.3 Å². The summed E-state index contributed by atoms with van der Waals surface area (Å²) in [6.07, 6.45) is 6.12. The van der Waals surface area contributed by atoms with Crippen molar-refractivity contribution in [1.29, 1.82) is 0 Å². The Morgan fingerprint density at radius 3 is 1.47 bits per heavy atom. The van der Waals surface area contributed by atoms with Crippen LogP contribution in [0.15, 0.2) is 201 Å². The number of thiophene rings is 4. The average molecular weight is 1630 g/mol. The number of aromatic nitrogens is 5. The highest BCUT2D eigenvalue weighted by atomic mass is 79.9. The van der Waals surface area contributed by atoms with Crippen LogP contribution in [0.25, 0.3) is 55.8 Å². The predicted molar refractivity (Wildman–Crippen MR) is 417 cm³/mol. The number of rotatable bonds is 18. The number of ketones is 1. The van der Waals surface area contributed by atoms with Crippen molar-refractivity contribution in [3.8, 4) is 55.8 Å². The third-order valence-corrected chi connectivity index (χ3v) is 20.8. The molecule has 0 saturated heterocycles. The lowest BCUT2D eigenvalue weighted by Gasteiger charge is -2.20. The minimum absolute atomic E-state index is 0.00654. The summed E-state index contributed by atoms with van der Waals surface area (Å²) in [5.41, 5.74) is 8.28. The van der Waals surface area contributed by atoms with Crippen molar-refractivity contribution in [2.45, 2.75) is 39.7 Å². The van der Waals surface area contributed by atoms with Crippen LogP contribution < -0.4 is 16.0 Å². The third kappa shape index (κ3) is 19.5. The molecule has 534 valence electrons. The standard InChI is InChI=1S/C22H16ClN3O3S.C20H19BrN2O3S2.C17H11ClO4S.C16H12ClN3O3S/c1-26-18(14-5-3-2-4-6-14)11-17(25-26)20(27)24-21-19(22(28)29)16(12-30-21)13-7-9-15(23)10-8-13;1-11-9-22-28-16(11)17(24)23-18-15(19(25)26-20(2,3)4)14(10-27-18)12-5-7-13(21)8-6-12;18-11-5-3-10(4-6-11)12-9-23-15(16(12)17(20)21)8-13(19)14-2-1-7-22-14;1-20-6-12(18-8-20)14(21)19-15-13(16(22)23)11(7-24-15)9-2-4-10(17)5-3-9/h2-12H,1H3,(H,24,27)(H,28,29);5-10H,1-4H3,(H,23,24);1-7,9H,8H2,(H,20,21);2-8H,1H3,(H,19,21)(H,22,23). The topological polar surface area (TPSA) is 304 Å². The first-order chi connectivity index (χ1) is 50.1. The van der Waals surface area contributed by atoms with Gasteiger partial charge in [0.1, 0.15) is 47.9 Å². The molecule has 0 saturated carbocycles. The summed E-state index contributed by atoms with van der Waals surface area (Å²) >= 11 is 27.1. The fraction of sp³-hybridized carbons (Fsp3) is 0.107. The minimum atomic E-state index is -1.12. The Balaban J connectivity index is 0.000000151. The number of carboxylic acids is 3. The van der Waals surface area contributed by atoms with Gasteiger partial charge in [-0.2, -0.15) is 5.10 Å². The van der Waals surface area contributed by atoms with E-state index in [4.69, 9.17) is 44.0 Å². The highest BCUT2D eigenvalue weighted by Crippen LogP contribution is 2.41. The second kappa shape index (κ2) is 34.4. The number of aromatic carboxylic acids is 3. The number of imidazole rings is 1. The van der Waals surface area contributed by atoms with Gasteiger partial charge in [-0.1, -0.05) is 130 Å². The molecule has 0 aliphatic carbocycles. The van der Waals surface area contributed by atoms with Crippen molar-refractivity contribution < 1.29 is 62.8 Å². The molecule has 0 unspecified atom stereocenters. The van der Waals surface area contributed by atoms with Gasteiger partial charge in [-0.3, -0.25) is 23.9 Å². The van der Waals surface area contributed by atoms with E-state index in [1.807, 2.05) is 87.7 Å². The molecule has 0 aliphatic rings. The van der Waals surface area contributed by atoms with Crippen LogP contribution in [-0.4, -0.2) is 92.0 Å². The monoisotopic (exact) mass is 1620 g/mol. The maximum atomic E-state index is 13.0. The van der Waals surface area contributed by atoms with Gasteiger partial charge in [0.05, 0.1) is 23.8 Å². The number of carboxylic acid groups (broad SMARTS) is 3. The molecule has 30 heteroatoms. The van der Waals surface area contributed by atoms with E-state index in [1.54, 1.807) is 143 Å². The molecule has 21 nitrogen and oxygen atoms in total. The van der Waals surface area contributed by atoms with Crippen LogP contribution >= 0.6 is 108 Å². The number of Topliss-reactive ketones (excluding diaryl/α,β-unsaturated/α-hetero) is 1. The van der Waals surface area contributed by atoms with Gasteiger partial charge >= 0.3 is 23.9 Å². The minimum Gasteiger partial charge on any atom is -0.478 e. The molecule has 8 heterocycles.